The van der Waals surface area contributed by atoms with Gasteiger partial charge in [-0.2, -0.15) is 0 Å². The van der Waals surface area contributed by atoms with Gasteiger partial charge in [0.2, 0.25) is 5.91 Å². The van der Waals surface area contributed by atoms with Crippen LogP contribution in [0.15, 0.2) is 0 Å². The van der Waals surface area contributed by atoms with Gasteiger partial charge in [-0.1, -0.05) is 0 Å². The number of hydrogen-bond acceptors (Lipinski definition) is 5. The number of β-amino-alcohol motifs (C(OH)–C–C–N with tert-alkyl or cyclic N) is 1. The topological polar surface area (TPSA) is 142 Å². The van der Waals surface area contributed by atoms with Gasteiger partial charge in [-0.05, 0) is 13.3 Å². The lowest BCUT2D eigenvalue weighted by molar-refractivity contribution is -0.153. The second-order valence-electron chi connectivity index (χ2n) is 4.50. The molecule has 0 aromatic carbocycles. The molecular weight excluding hydrogens is 278 g/mol. The molecule has 0 radical (unpaired) electrons. The first kappa shape index (κ1) is 15.7. The van der Waals surface area contributed by atoms with Gasteiger partial charge in [0, 0.05) is 0 Å². The molecule has 8 nitrogen and oxygen atoms in total. The van der Waals surface area contributed by atoms with E-state index in [4.69, 9.17) is 22.4 Å². The number of halogens is 1. The predicted molar refractivity (Wildman–Crippen MR) is 65.4 cm³/mol. The van der Waals surface area contributed by atoms with Crippen molar-refractivity contribution >= 4 is 29.4 Å². The van der Waals surface area contributed by atoms with E-state index in [9.17, 15) is 19.5 Å². The molecule has 1 saturated heterocycles. The molecule has 19 heavy (non-hydrogen) atoms. The van der Waals surface area contributed by atoms with Crippen LogP contribution in [0.3, 0.4) is 0 Å². The van der Waals surface area contributed by atoms with E-state index in [1.54, 1.807) is 0 Å². The van der Waals surface area contributed by atoms with Gasteiger partial charge < -0.3 is 26.6 Å². The van der Waals surface area contributed by atoms with Gasteiger partial charge in [0.05, 0.1) is 18.0 Å². The van der Waals surface area contributed by atoms with E-state index in [1.165, 1.54) is 6.92 Å². The highest BCUT2D eigenvalue weighted by Gasteiger charge is 2.51. The van der Waals surface area contributed by atoms with Gasteiger partial charge in [0.1, 0.15) is 6.04 Å². The van der Waals surface area contributed by atoms with Crippen LogP contribution in [0.5, 0.6) is 0 Å². The lowest BCUT2D eigenvalue weighted by Gasteiger charge is -2.39. The quantitative estimate of drug-likeness (QED) is 0.277. The third-order valence-electron chi connectivity index (χ3n) is 2.90. The number of amides is 2. The molecule has 1 heterocycles. The van der Waals surface area contributed by atoms with Crippen molar-refractivity contribution in [2.75, 3.05) is 6.54 Å². The number of alkyl halides is 1. The minimum Gasteiger partial charge on any atom is -0.480 e. The number of carboxylic acids is 1. The largest absolute Gasteiger partial charge is 0.480 e. The summed E-state index contributed by atoms with van der Waals surface area (Å²) in [5, 5.41) is 22.2. The average Bonchev–Trinajstić information content (AvgIpc) is 2.34. The third-order valence-corrected chi connectivity index (χ3v) is 3.44. The first-order valence-corrected chi connectivity index (χ1v) is 6.05. The van der Waals surface area contributed by atoms with Crippen molar-refractivity contribution in [3.8, 4) is 0 Å². The van der Waals surface area contributed by atoms with Crippen LogP contribution in [0.1, 0.15) is 13.3 Å². The maximum Gasteiger partial charge on any atom is 0.326 e. The molecule has 9 heteroatoms. The molecule has 0 aromatic rings. The normalized spacial score (nSPS) is 26.6. The van der Waals surface area contributed by atoms with Crippen molar-refractivity contribution in [1.29, 1.82) is 0 Å². The van der Waals surface area contributed by atoms with Gasteiger partial charge in [-0.25, -0.2) is 4.79 Å². The molecule has 1 aliphatic heterocycles. The van der Waals surface area contributed by atoms with Crippen molar-refractivity contribution in [2.24, 2.45) is 5.73 Å². The number of nitrogens with one attached hydrogen (secondary N) is 2. The standard InChI is InChI=1S/C10H16ClN3O5/c1-4(12)7(15)14-5(8(16)17)2-6(11)10(19)3-13-9(10)18/h4-6,19H,2-3,12H2,1H3,(H,13,18)(H,14,15)(H,16,17)/t4-,5-,6-,10+/m0/s1. The SMILES string of the molecule is C[C@H](N)C(=O)N[C@@H](C[C@H](Cl)[C@]1(O)CNC1=O)C(=O)O. The Labute approximate surface area is 114 Å². The van der Waals surface area contributed by atoms with E-state index in [2.05, 4.69) is 10.6 Å². The van der Waals surface area contributed by atoms with E-state index in [0.717, 1.165) is 0 Å². The summed E-state index contributed by atoms with van der Waals surface area (Å²) in [5.41, 5.74) is 3.51. The van der Waals surface area contributed by atoms with Crippen molar-refractivity contribution < 1.29 is 24.6 Å². The van der Waals surface area contributed by atoms with Gasteiger partial charge in [0.25, 0.3) is 5.91 Å². The number of hydrogen-bond donors (Lipinski definition) is 5. The van der Waals surface area contributed by atoms with Crippen molar-refractivity contribution in [1.82, 2.24) is 10.6 Å². The minimum absolute atomic E-state index is 0.0480. The molecule has 0 saturated carbocycles. The summed E-state index contributed by atoms with van der Waals surface area (Å²) in [4.78, 5) is 33.5. The monoisotopic (exact) mass is 293 g/mol. The fourth-order valence-electron chi connectivity index (χ4n) is 1.52. The molecule has 4 atom stereocenters. The van der Waals surface area contributed by atoms with Gasteiger partial charge in [-0.3, -0.25) is 9.59 Å². The fourth-order valence-corrected chi connectivity index (χ4v) is 1.88. The van der Waals surface area contributed by atoms with E-state index in [1.807, 2.05) is 0 Å². The molecule has 0 unspecified atom stereocenters. The Hall–Kier alpha value is -1.38. The number of aliphatic carboxylic acids is 1. The summed E-state index contributed by atoms with van der Waals surface area (Å²) in [6.45, 7) is 1.35. The van der Waals surface area contributed by atoms with Gasteiger partial charge >= 0.3 is 5.97 Å². The smallest absolute Gasteiger partial charge is 0.326 e. The van der Waals surface area contributed by atoms with Crippen LogP contribution in [0.4, 0.5) is 0 Å². The zero-order chi connectivity index (χ0) is 14.8. The molecule has 1 fully saturated rings. The maximum absolute atomic E-state index is 11.4. The molecule has 6 N–H and O–H groups in total. The zero-order valence-electron chi connectivity index (χ0n) is 10.2. The Morgan fingerprint density at radius 3 is 2.53 bits per heavy atom. The molecule has 0 spiro atoms. The Morgan fingerprint density at radius 2 is 2.21 bits per heavy atom. The van der Waals surface area contributed by atoms with Crippen molar-refractivity contribution in [2.45, 2.75) is 36.4 Å². The number of carbonyl (C=O) groups is 3. The summed E-state index contributed by atoms with van der Waals surface area (Å²) in [7, 11) is 0. The second kappa shape index (κ2) is 5.72. The first-order chi connectivity index (χ1) is 8.68. The third kappa shape index (κ3) is 3.34. The average molecular weight is 294 g/mol. The summed E-state index contributed by atoms with van der Waals surface area (Å²) in [6.07, 6.45) is -0.292. The van der Waals surface area contributed by atoms with Gasteiger partial charge in [0.15, 0.2) is 5.60 Å². The molecule has 1 aliphatic rings. The predicted octanol–water partition coefficient (Wildman–Crippen LogP) is -2.24. The van der Waals surface area contributed by atoms with Crippen LogP contribution in [-0.4, -0.2) is 57.6 Å². The number of rotatable bonds is 6. The van der Waals surface area contributed by atoms with E-state index < -0.39 is 40.8 Å². The number of aliphatic hydroxyl groups is 1. The fraction of sp³-hybridized carbons (Fsp3) is 0.700. The molecule has 0 aromatic heterocycles. The number of carboxylic acid groups (broad SMARTS) is 1. The van der Waals surface area contributed by atoms with Crippen LogP contribution in [0, 0.1) is 0 Å². The van der Waals surface area contributed by atoms with E-state index in [0.29, 0.717) is 0 Å². The minimum atomic E-state index is -1.80. The van der Waals surface area contributed by atoms with Gasteiger partial charge in [-0.15, -0.1) is 11.6 Å². The summed E-state index contributed by atoms with van der Waals surface area (Å²) in [6, 6.07) is -2.19. The lowest BCUT2D eigenvalue weighted by Crippen LogP contribution is -2.70. The summed E-state index contributed by atoms with van der Waals surface area (Å²) < 4.78 is 0. The van der Waals surface area contributed by atoms with Crippen LogP contribution < -0.4 is 16.4 Å². The first-order valence-electron chi connectivity index (χ1n) is 5.62. The highest BCUT2D eigenvalue weighted by atomic mass is 35.5. The molecule has 0 aliphatic carbocycles. The van der Waals surface area contributed by atoms with Crippen molar-refractivity contribution in [3.63, 3.8) is 0 Å². The zero-order valence-corrected chi connectivity index (χ0v) is 11.0. The van der Waals surface area contributed by atoms with Crippen molar-refractivity contribution in [3.05, 3.63) is 0 Å². The molecule has 108 valence electrons. The number of nitrogens with two attached hydrogens (primary N) is 1. The molecule has 0 bridgehead atoms. The molecule has 1 rings (SSSR count). The highest BCUT2D eigenvalue weighted by Crippen LogP contribution is 2.26. The number of carbonyl (C=O) groups excluding carboxylic acids is 2. The highest BCUT2D eigenvalue weighted by molar-refractivity contribution is 6.24. The van der Waals surface area contributed by atoms with Crippen LogP contribution in [0.25, 0.3) is 0 Å². The maximum atomic E-state index is 11.4. The molecule has 2 amide bonds. The molecular formula is C10H16ClN3O5. The Balaban J connectivity index is 2.66. The Kier molecular flexibility index (Phi) is 4.72. The van der Waals surface area contributed by atoms with Crippen LogP contribution >= 0.6 is 11.6 Å². The Morgan fingerprint density at radius 1 is 1.63 bits per heavy atom. The lowest BCUT2D eigenvalue weighted by atomic mass is 9.88. The van der Waals surface area contributed by atoms with E-state index >= 15 is 0 Å². The number of β-lactam (4-membered cyclic amide) rings is 1. The van der Waals surface area contributed by atoms with Crippen LogP contribution in [0.2, 0.25) is 0 Å². The summed E-state index contributed by atoms with van der Waals surface area (Å²) in [5.74, 6) is -2.63. The Bertz CT molecular complexity index is 403. The second-order valence-corrected chi connectivity index (χ2v) is 5.03. The summed E-state index contributed by atoms with van der Waals surface area (Å²) >= 11 is 5.86. The van der Waals surface area contributed by atoms with Crippen LogP contribution in [-0.2, 0) is 14.4 Å². The van der Waals surface area contributed by atoms with E-state index in [-0.39, 0.29) is 13.0 Å².